The minimum atomic E-state index is -3.88. The minimum absolute atomic E-state index is 0.0840. The van der Waals surface area contributed by atoms with E-state index in [2.05, 4.69) is 9.44 Å². The van der Waals surface area contributed by atoms with Crippen LogP contribution in [0, 0.1) is 0 Å². The van der Waals surface area contributed by atoms with E-state index in [4.69, 9.17) is 4.42 Å². The summed E-state index contributed by atoms with van der Waals surface area (Å²) in [5, 5.41) is -0.399. The van der Waals surface area contributed by atoms with Gasteiger partial charge in [-0.25, -0.2) is 26.3 Å². The van der Waals surface area contributed by atoms with Crippen LogP contribution in [0.5, 0.6) is 0 Å². The molecule has 0 unspecified atom stereocenters. The van der Waals surface area contributed by atoms with Crippen molar-refractivity contribution in [3.63, 3.8) is 0 Å². The molecule has 1 aromatic heterocycles. The van der Waals surface area contributed by atoms with Crippen LogP contribution < -0.4 is 9.44 Å². The molecule has 18 heavy (non-hydrogen) atoms. The van der Waals surface area contributed by atoms with Crippen molar-refractivity contribution in [2.45, 2.75) is 5.09 Å². The van der Waals surface area contributed by atoms with Crippen molar-refractivity contribution in [1.29, 1.82) is 0 Å². The number of carbonyl (C=O) groups excluding carboxylic acids is 1. The highest BCUT2D eigenvalue weighted by atomic mass is 32.2. The predicted molar refractivity (Wildman–Crippen MR) is 62.1 cm³/mol. The molecule has 10 heteroatoms. The van der Waals surface area contributed by atoms with E-state index in [9.17, 15) is 21.6 Å². The molecule has 0 fully saturated rings. The normalized spacial score (nSPS) is 12.5. The molecule has 102 valence electrons. The number of hydrogen-bond acceptors (Lipinski definition) is 6. The highest BCUT2D eigenvalue weighted by Gasteiger charge is 2.18. The van der Waals surface area contributed by atoms with E-state index in [1.165, 1.54) is 6.07 Å². The molecule has 0 spiro atoms. The summed E-state index contributed by atoms with van der Waals surface area (Å²) in [5.74, 6) is -0.107. The molecule has 2 N–H and O–H groups in total. The number of sulfonamides is 2. The molecule has 0 bridgehead atoms. The van der Waals surface area contributed by atoms with Gasteiger partial charge < -0.3 is 4.42 Å². The molecule has 0 aliphatic heterocycles. The lowest BCUT2D eigenvalue weighted by molar-refractivity contribution is 0.109. The van der Waals surface area contributed by atoms with Crippen LogP contribution in [0.15, 0.2) is 21.6 Å². The Bertz CT molecular complexity index is 616. The summed E-state index contributed by atoms with van der Waals surface area (Å²) in [6.07, 6.45) is 1.34. The van der Waals surface area contributed by atoms with E-state index in [0.29, 0.717) is 6.29 Å². The molecule has 0 aliphatic carbocycles. The summed E-state index contributed by atoms with van der Waals surface area (Å²) >= 11 is 0. The Morgan fingerprint density at radius 1 is 1.17 bits per heavy atom. The number of nitrogens with one attached hydrogen (secondary N) is 2. The standard InChI is InChI=1S/C8H12N2O6S2/c1-17(12,13)9-4-5-10-18(14,15)8-3-2-7(6-11)16-8/h2-3,6,9-10H,4-5H2,1H3. The van der Waals surface area contributed by atoms with Crippen molar-refractivity contribution in [3.05, 3.63) is 17.9 Å². The van der Waals surface area contributed by atoms with Gasteiger partial charge in [0.15, 0.2) is 12.0 Å². The van der Waals surface area contributed by atoms with Crippen LogP contribution in [0.1, 0.15) is 10.6 Å². The third-order valence-corrected chi connectivity index (χ3v) is 3.83. The number of aldehydes is 1. The van der Waals surface area contributed by atoms with Crippen LogP contribution in [-0.4, -0.2) is 42.5 Å². The average Bonchev–Trinajstić information content (AvgIpc) is 2.72. The van der Waals surface area contributed by atoms with Crippen LogP contribution in [0.2, 0.25) is 0 Å². The summed E-state index contributed by atoms with van der Waals surface area (Å²) in [6, 6.07) is 2.35. The van der Waals surface area contributed by atoms with Crippen LogP contribution in [0.25, 0.3) is 0 Å². The maximum atomic E-state index is 11.6. The fraction of sp³-hybridized carbons (Fsp3) is 0.375. The first-order chi connectivity index (χ1) is 8.24. The van der Waals surface area contributed by atoms with Crippen molar-refractivity contribution < 1.29 is 26.0 Å². The van der Waals surface area contributed by atoms with Gasteiger partial charge >= 0.3 is 0 Å². The molecule has 0 saturated heterocycles. The first kappa shape index (κ1) is 14.8. The van der Waals surface area contributed by atoms with E-state index in [1.807, 2.05) is 0 Å². The predicted octanol–water partition coefficient (Wildman–Crippen LogP) is -1.08. The zero-order valence-corrected chi connectivity index (χ0v) is 11.0. The molecule has 8 nitrogen and oxygen atoms in total. The topological polar surface area (TPSA) is 123 Å². The SMILES string of the molecule is CS(=O)(=O)NCCNS(=O)(=O)c1ccc(C=O)o1. The maximum absolute atomic E-state index is 11.6. The summed E-state index contributed by atoms with van der Waals surface area (Å²) in [6.45, 7) is -0.216. The average molecular weight is 296 g/mol. The fourth-order valence-corrected chi connectivity index (χ4v) is 2.47. The monoisotopic (exact) mass is 296 g/mol. The lowest BCUT2D eigenvalue weighted by atomic mass is 10.5. The van der Waals surface area contributed by atoms with E-state index in [-0.39, 0.29) is 18.8 Å². The molecule has 1 heterocycles. The number of furan rings is 1. The molecular formula is C8H12N2O6S2. The molecule has 0 aromatic carbocycles. The highest BCUT2D eigenvalue weighted by molar-refractivity contribution is 7.89. The second-order valence-corrected chi connectivity index (χ2v) is 6.87. The minimum Gasteiger partial charge on any atom is -0.440 e. The quantitative estimate of drug-likeness (QED) is 0.487. The molecule has 0 radical (unpaired) electrons. The summed E-state index contributed by atoms with van der Waals surface area (Å²) in [4.78, 5) is 10.3. The lowest BCUT2D eigenvalue weighted by Crippen LogP contribution is -2.34. The Labute approximate surface area is 104 Å². The van der Waals surface area contributed by atoms with Crippen molar-refractivity contribution >= 4 is 26.3 Å². The Balaban J connectivity index is 2.58. The van der Waals surface area contributed by atoms with Gasteiger partial charge in [0.25, 0.3) is 10.0 Å². The molecule has 0 amide bonds. The smallest absolute Gasteiger partial charge is 0.274 e. The van der Waals surface area contributed by atoms with Gasteiger partial charge in [0.2, 0.25) is 15.1 Å². The molecular weight excluding hydrogens is 284 g/mol. The molecule has 1 aromatic rings. The maximum Gasteiger partial charge on any atom is 0.274 e. The Hall–Kier alpha value is -1.23. The van der Waals surface area contributed by atoms with Gasteiger partial charge in [-0.15, -0.1) is 0 Å². The lowest BCUT2D eigenvalue weighted by Gasteiger charge is -2.04. The van der Waals surface area contributed by atoms with Crippen LogP contribution in [0.3, 0.4) is 0 Å². The van der Waals surface area contributed by atoms with Crippen molar-refractivity contribution in [3.8, 4) is 0 Å². The molecule has 0 atom stereocenters. The Kier molecular flexibility index (Phi) is 4.62. The van der Waals surface area contributed by atoms with Gasteiger partial charge in [-0.05, 0) is 12.1 Å². The van der Waals surface area contributed by atoms with Gasteiger partial charge in [-0.1, -0.05) is 0 Å². The van der Waals surface area contributed by atoms with Gasteiger partial charge in [-0.3, -0.25) is 4.79 Å². The third kappa shape index (κ3) is 4.56. The first-order valence-corrected chi connectivity index (χ1v) is 8.11. The van der Waals surface area contributed by atoms with Crippen molar-refractivity contribution in [2.75, 3.05) is 19.3 Å². The van der Waals surface area contributed by atoms with Gasteiger partial charge in [0.1, 0.15) is 0 Å². The largest absolute Gasteiger partial charge is 0.440 e. The van der Waals surface area contributed by atoms with Gasteiger partial charge in [0, 0.05) is 13.1 Å². The Morgan fingerprint density at radius 3 is 2.28 bits per heavy atom. The Morgan fingerprint density at radius 2 is 1.78 bits per heavy atom. The third-order valence-electron chi connectivity index (χ3n) is 1.76. The summed E-state index contributed by atoms with van der Waals surface area (Å²) in [7, 11) is -7.24. The van der Waals surface area contributed by atoms with Crippen LogP contribution in [-0.2, 0) is 20.0 Å². The van der Waals surface area contributed by atoms with Crippen molar-refractivity contribution in [1.82, 2.24) is 9.44 Å². The molecule has 0 aliphatic rings. The zero-order chi connectivity index (χ0) is 13.8. The van der Waals surface area contributed by atoms with Crippen LogP contribution in [0.4, 0.5) is 0 Å². The fourth-order valence-electron chi connectivity index (χ4n) is 1.04. The number of rotatable bonds is 7. The molecule has 0 saturated carbocycles. The van der Waals surface area contributed by atoms with E-state index >= 15 is 0 Å². The number of carbonyl (C=O) groups is 1. The summed E-state index contributed by atoms with van der Waals surface area (Å²) < 4.78 is 53.6. The molecule has 1 rings (SSSR count). The van der Waals surface area contributed by atoms with E-state index in [0.717, 1.165) is 12.3 Å². The second-order valence-electron chi connectivity index (χ2n) is 3.34. The number of hydrogen-bond donors (Lipinski definition) is 2. The highest BCUT2D eigenvalue weighted by Crippen LogP contribution is 2.11. The van der Waals surface area contributed by atoms with E-state index < -0.39 is 25.1 Å². The summed E-state index contributed by atoms with van der Waals surface area (Å²) in [5.41, 5.74) is 0. The van der Waals surface area contributed by atoms with Crippen LogP contribution >= 0.6 is 0 Å². The van der Waals surface area contributed by atoms with E-state index in [1.54, 1.807) is 0 Å². The van der Waals surface area contributed by atoms with Crippen molar-refractivity contribution in [2.24, 2.45) is 0 Å². The van der Waals surface area contributed by atoms with Gasteiger partial charge in [0.05, 0.1) is 6.26 Å². The van der Waals surface area contributed by atoms with Gasteiger partial charge in [-0.2, -0.15) is 0 Å². The first-order valence-electron chi connectivity index (χ1n) is 4.74. The second kappa shape index (κ2) is 5.61. The zero-order valence-electron chi connectivity index (χ0n) is 9.41.